The summed E-state index contributed by atoms with van der Waals surface area (Å²) in [7, 11) is 0. The monoisotopic (exact) mass is 442 g/mol. The fourth-order valence-electron chi connectivity index (χ4n) is 3.62. The van der Waals surface area contributed by atoms with E-state index in [0.29, 0.717) is 51.1 Å². The molecular weight excluding hydrogens is 415 g/mol. The standard InChI is InChI=1S/C23H27FN4O4/c1-2-19-21-20(6-3-11-31-12-4-9-26-22(21)29)28(27-19)10-5-13-32-23(30)17-8-7-16(15-25)14-18(17)24/h7-8,14H,2-6,9-13H2,1H3,(H,26,29). The van der Waals surface area contributed by atoms with Gasteiger partial charge in [-0.1, -0.05) is 6.92 Å². The van der Waals surface area contributed by atoms with Gasteiger partial charge >= 0.3 is 5.97 Å². The van der Waals surface area contributed by atoms with E-state index in [2.05, 4.69) is 10.4 Å². The summed E-state index contributed by atoms with van der Waals surface area (Å²) < 4.78 is 26.6. The van der Waals surface area contributed by atoms with E-state index < -0.39 is 11.8 Å². The van der Waals surface area contributed by atoms with Crippen molar-refractivity contribution in [1.82, 2.24) is 15.1 Å². The molecule has 0 spiro atoms. The first-order valence-electron chi connectivity index (χ1n) is 10.9. The van der Waals surface area contributed by atoms with Crippen LogP contribution in [-0.4, -0.2) is 48.0 Å². The number of nitrogens with zero attached hydrogens (tertiary/aromatic N) is 3. The number of hydrogen-bond donors (Lipinski definition) is 1. The molecule has 1 aromatic carbocycles. The van der Waals surface area contributed by atoms with Crippen LogP contribution in [0.2, 0.25) is 0 Å². The Morgan fingerprint density at radius 3 is 2.94 bits per heavy atom. The van der Waals surface area contributed by atoms with Gasteiger partial charge in [0.1, 0.15) is 5.82 Å². The zero-order valence-electron chi connectivity index (χ0n) is 18.2. The maximum atomic E-state index is 14.0. The maximum absolute atomic E-state index is 14.0. The Hall–Kier alpha value is -3.25. The first-order valence-corrected chi connectivity index (χ1v) is 10.9. The van der Waals surface area contributed by atoms with Crippen LogP contribution in [0.15, 0.2) is 18.2 Å². The van der Waals surface area contributed by atoms with E-state index >= 15 is 0 Å². The van der Waals surface area contributed by atoms with Crippen molar-refractivity contribution in [2.24, 2.45) is 0 Å². The van der Waals surface area contributed by atoms with Gasteiger partial charge in [-0.25, -0.2) is 9.18 Å². The second-order valence-corrected chi connectivity index (χ2v) is 7.47. The van der Waals surface area contributed by atoms with Crippen molar-refractivity contribution in [3.05, 3.63) is 52.1 Å². The lowest BCUT2D eigenvalue weighted by atomic mass is 10.1. The number of rotatable bonds is 6. The number of benzene rings is 1. The van der Waals surface area contributed by atoms with E-state index in [9.17, 15) is 14.0 Å². The zero-order chi connectivity index (χ0) is 22.9. The quantitative estimate of drug-likeness (QED) is 0.545. The average molecular weight is 442 g/mol. The largest absolute Gasteiger partial charge is 0.462 e. The van der Waals surface area contributed by atoms with Crippen molar-refractivity contribution in [2.75, 3.05) is 26.4 Å². The van der Waals surface area contributed by atoms with Crippen LogP contribution in [0.4, 0.5) is 4.39 Å². The minimum absolute atomic E-state index is 0.0731. The highest BCUT2D eigenvalue weighted by Crippen LogP contribution is 2.19. The number of ether oxygens (including phenoxy) is 2. The third kappa shape index (κ3) is 5.71. The first-order chi connectivity index (χ1) is 15.5. The topological polar surface area (TPSA) is 106 Å². The molecule has 2 aromatic rings. The summed E-state index contributed by atoms with van der Waals surface area (Å²) in [6.07, 6.45) is 3.29. The molecule has 9 heteroatoms. The normalized spacial score (nSPS) is 14.6. The summed E-state index contributed by atoms with van der Waals surface area (Å²) >= 11 is 0. The number of nitriles is 1. The Morgan fingerprint density at radius 2 is 2.19 bits per heavy atom. The molecule has 0 bridgehead atoms. The van der Waals surface area contributed by atoms with Gasteiger partial charge in [-0.2, -0.15) is 10.4 Å². The number of hydrogen-bond acceptors (Lipinski definition) is 6. The average Bonchev–Trinajstić information content (AvgIpc) is 3.13. The second-order valence-electron chi connectivity index (χ2n) is 7.47. The molecule has 3 rings (SSSR count). The van der Waals surface area contributed by atoms with Crippen molar-refractivity contribution >= 4 is 11.9 Å². The fourth-order valence-corrected chi connectivity index (χ4v) is 3.62. The predicted molar refractivity (Wildman–Crippen MR) is 114 cm³/mol. The lowest BCUT2D eigenvalue weighted by molar-refractivity contribution is 0.0489. The molecule has 0 saturated heterocycles. The molecule has 1 aromatic heterocycles. The van der Waals surface area contributed by atoms with Crippen LogP contribution < -0.4 is 5.32 Å². The molecule has 170 valence electrons. The Balaban J connectivity index is 1.65. The van der Waals surface area contributed by atoms with Gasteiger partial charge in [0.25, 0.3) is 5.91 Å². The van der Waals surface area contributed by atoms with E-state index in [1.54, 1.807) is 0 Å². The summed E-state index contributed by atoms with van der Waals surface area (Å²) in [6.45, 7) is 4.28. The Bertz CT molecular complexity index is 1010. The smallest absolute Gasteiger partial charge is 0.341 e. The van der Waals surface area contributed by atoms with Crippen LogP contribution in [0.5, 0.6) is 0 Å². The summed E-state index contributed by atoms with van der Waals surface area (Å²) in [5.74, 6) is -1.68. The zero-order valence-corrected chi connectivity index (χ0v) is 18.2. The van der Waals surface area contributed by atoms with E-state index in [4.69, 9.17) is 14.7 Å². The van der Waals surface area contributed by atoms with Crippen LogP contribution in [0.1, 0.15) is 63.9 Å². The number of halogens is 1. The van der Waals surface area contributed by atoms with Crippen molar-refractivity contribution < 1.29 is 23.5 Å². The molecule has 0 unspecified atom stereocenters. The van der Waals surface area contributed by atoms with Crippen LogP contribution in [0.3, 0.4) is 0 Å². The van der Waals surface area contributed by atoms with Crippen molar-refractivity contribution in [2.45, 2.75) is 45.6 Å². The number of carbonyl (C=O) groups excluding carboxylic acids is 2. The lowest BCUT2D eigenvalue weighted by Gasteiger charge is -2.10. The van der Waals surface area contributed by atoms with Crippen molar-refractivity contribution in [3.8, 4) is 6.07 Å². The summed E-state index contributed by atoms with van der Waals surface area (Å²) in [4.78, 5) is 24.9. The van der Waals surface area contributed by atoms with E-state index in [0.717, 1.165) is 30.3 Å². The van der Waals surface area contributed by atoms with Gasteiger partial charge in [-0.05, 0) is 43.9 Å². The number of fused-ring (bicyclic) bond motifs is 1. The molecule has 0 aliphatic carbocycles. The van der Waals surface area contributed by atoms with Crippen molar-refractivity contribution in [1.29, 1.82) is 5.26 Å². The molecular formula is C23H27FN4O4. The van der Waals surface area contributed by atoms with E-state index in [1.807, 2.05) is 17.7 Å². The third-order valence-electron chi connectivity index (χ3n) is 5.21. The number of amides is 1. The summed E-state index contributed by atoms with van der Waals surface area (Å²) in [5.41, 5.74) is 2.16. The molecule has 1 aliphatic heterocycles. The summed E-state index contributed by atoms with van der Waals surface area (Å²) in [5, 5.41) is 16.4. The minimum atomic E-state index is -0.786. The Kier molecular flexibility index (Phi) is 8.34. The van der Waals surface area contributed by atoms with Gasteiger partial charge in [0, 0.05) is 32.7 Å². The van der Waals surface area contributed by atoms with Gasteiger partial charge in [-0.3, -0.25) is 9.48 Å². The molecule has 32 heavy (non-hydrogen) atoms. The molecule has 1 aliphatic rings. The van der Waals surface area contributed by atoms with Crippen LogP contribution in [0.25, 0.3) is 0 Å². The van der Waals surface area contributed by atoms with E-state index in [1.165, 1.54) is 12.1 Å². The Labute approximate surface area is 186 Å². The molecule has 2 heterocycles. The van der Waals surface area contributed by atoms with E-state index in [-0.39, 0.29) is 23.6 Å². The van der Waals surface area contributed by atoms with Gasteiger partial charge in [0.15, 0.2) is 0 Å². The maximum Gasteiger partial charge on any atom is 0.341 e. The molecule has 0 atom stereocenters. The summed E-state index contributed by atoms with van der Waals surface area (Å²) in [6, 6.07) is 5.44. The molecule has 1 amide bonds. The van der Waals surface area contributed by atoms with Crippen LogP contribution in [0, 0.1) is 17.1 Å². The third-order valence-corrected chi connectivity index (χ3v) is 5.21. The SMILES string of the molecule is CCc1nn(CCCOC(=O)c2ccc(C#N)cc2F)c2c1C(=O)NCCCOCCC2. The number of esters is 1. The lowest BCUT2D eigenvalue weighted by Crippen LogP contribution is -2.26. The fraction of sp³-hybridized carbons (Fsp3) is 0.478. The number of carbonyl (C=O) groups is 2. The highest BCUT2D eigenvalue weighted by atomic mass is 19.1. The minimum Gasteiger partial charge on any atom is -0.462 e. The van der Waals surface area contributed by atoms with Gasteiger partial charge < -0.3 is 14.8 Å². The van der Waals surface area contributed by atoms with Crippen molar-refractivity contribution in [3.63, 3.8) is 0 Å². The molecule has 1 N–H and O–H groups in total. The molecule has 0 fully saturated rings. The number of aromatic nitrogens is 2. The highest BCUT2D eigenvalue weighted by molar-refractivity contribution is 5.96. The predicted octanol–water partition coefficient (Wildman–Crippen LogP) is 2.79. The number of nitrogens with one attached hydrogen (secondary N) is 1. The molecule has 0 saturated carbocycles. The molecule has 0 radical (unpaired) electrons. The van der Waals surface area contributed by atoms with Crippen LogP contribution in [-0.2, 0) is 28.9 Å². The number of aryl methyl sites for hydroxylation is 2. The first kappa shape index (κ1) is 23.4. The van der Waals surface area contributed by atoms with Gasteiger partial charge in [-0.15, -0.1) is 0 Å². The Morgan fingerprint density at radius 1 is 1.38 bits per heavy atom. The van der Waals surface area contributed by atoms with Gasteiger partial charge in [0.05, 0.1) is 40.8 Å². The molecule has 8 nitrogen and oxygen atoms in total. The van der Waals surface area contributed by atoms with Crippen LogP contribution >= 0.6 is 0 Å². The highest BCUT2D eigenvalue weighted by Gasteiger charge is 2.23. The van der Waals surface area contributed by atoms with Gasteiger partial charge in [0.2, 0.25) is 0 Å². The second kappa shape index (κ2) is 11.4.